The molecule has 1 heterocycles. The third-order valence-corrected chi connectivity index (χ3v) is 4.32. The summed E-state index contributed by atoms with van der Waals surface area (Å²) in [6.45, 7) is 2.06. The number of nitrogens with zero attached hydrogens (tertiary/aromatic N) is 3. The molecule has 4 nitrogen and oxygen atoms in total. The second-order valence-corrected chi connectivity index (χ2v) is 5.86. The summed E-state index contributed by atoms with van der Waals surface area (Å²) in [5, 5.41) is 0. The summed E-state index contributed by atoms with van der Waals surface area (Å²) in [5.41, 5.74) is 3.09. The van der Waals surface area contributed by atoms with E-state index >= 15 is 0 Å². The first kappa shape index (κ1) is 13.9. The van der Waals surface area contributed by atoms with Crippen LogP contribution in [0, 0.1) is 6.92 Å². The van der Waals surface area contributed by atoms with Crippen LogP contribution >= 0.6 is 0 Å². The topological polar surface area (TPSA) is 38.1 Å². The van der Waals surface area contributed by atoms with E-state index in [0.29, 0.717) is 6.04 Å². The molecule has 0 radical (unpaired) electrons. The highest BCUT2D eigenvalue weighted by molar-refractivity contribution is 5.78. The Labute approximate surface area is 125 Å². The lowest BCUT2D eigenvalue weighted by molar-refractivity contribution is 0.192. The Balaban J connectivity index is 1.77. The molecule has 2 aromatic rings. The van der Waals surface area contributed by atoms with E-state index in [1.807, 2.05) is 30.3 Å². The minimum Gasteiger partial charge on any atom is -0.324 e. The number of rotatable bonds is 2. The first-order valence-electron chi connectivity index (χ1n) is 7.53. The Morgan fingerprint density at radius 3 is 2.57 bits per heavy atom. The van der Waals surface area contributed by atoms with Crippen LogP contribution < -0.4 is 0 Å². The van der Waals surface area contributed by atoms with E-state index in [4.69, 9.17) is 0 Å². The molecule has 0 aliphatic heterocycles. The fourth-order valence-electron chi connectivity index (χ4n) is 2.93. The van der Waals surface area contributed by atoms with Gasteiger partial charge in [0.2, 0.25) is 0 Å². The number of amides is 1. The van der Waals surface area contributed by atoms with Crippen LogP contribution in [0.3, 0.4) is 0 Å². The largest absolute Gasteiger partial charge is 0.329 e. The number of carbonyl (C=O) groups is 1. The number of aromatic nitrogens is 2. The van der Waals surface area contributed by atoms with Crippen LogP contribution in [0.2, 0.25) is 0 Å². The van der Waals surface area contributed by atoms with E-state index in [-0.39, 0.29) is 6.03 Å². The maximum Gasteiger partial charge on any atom is 0.329 e. The second kappa shape index (κ2) is 5.72. The molecule has 0 atom stereocenters. The lowest BCUT2D eigenvalue weighted by atomic mass is 10.1. The van der Waals surface area contributed by atoms with Gasteiger partial charge in [-0.3, -0.25) is 4.57 Å². The minimum absolute atomic E-state index is 0.00719. The van der Waals surface area contributed by atoms with E-state index in [9.17, 15) is 4.79 Å². The van der Waals surface area contributed by atoms with E-state index in [1.165, 1.54) is 18.4 Å². The first-order valence-corrected chi connectivity index (χ1v) is 7.53. The summed E-state index contributed by atoms with van der Waals surface area (Å²) in [6, 6.07) is 8.57. The quantitative estimate of drug-likeness (QED) is 0.843. The third-order valence-electron chi connectivity index (χ3n) is 4.32. The van der Waals surface area contributed by atoms with Crippen molar-refractivity contribution in [2.45, 2.75) is 38.6 Å². The zero-order valence-corrected chi connectivity index (χ0v) is 12.6. The van der Waals surface area contributed by atoms with Crippen molar-refractivity contribution in [1.82, 2.24) is 14.5 Å². The summed E-state index contributed by atoms with van der Waals surface area (Å²) in [6.07, 6.45) is 8.10. The van der Waals surface area contributed by atoms with Crippen molar-refractivity contribution in [3.05, 3.63) is 42.4 Å². The van der Waals surface area contributed by atoms with Crippen molar-refractivity contribution in [1.29, 1.82) is 0 Å². The molecule has 1 saturated carbocycles. The Hall–Kier alpha value is -2.10. The zero-order valence-electron chi connectivity index (χ0n) is 12.6. The predicted molar refractivity (Wildman–Crippen MR) is 83.2 cm³/mol. The highest BCUT2D eigenvalue weighted by Crippen LogP contribution is 2.23. The number of imidazole rings is 1. The predicted octanol–water partition coefficient (Wildman–Crippen LogP) is 3.70. The van der Waals surface area contributed by atoms with Crippen LogP contribution in [-0.4, -0.2) is 33.6 Å². The highest BCUT2D eigenvalue weighted by Gasteiger charge is 2.24. The number of carbonyl (C=O) groups excluding carboxylic acids is 1. The molecular weight excluding hydrogens is 262 g/mol. The normalized spacial score (nSPS) is 15.3. The monoisotopic (exact) mass is 283 g/mol. The van der Waals surface area contributed by atoms with Crippen LogP contribution in [0.5, 0.6) is 0 Å². The summed E-state index contributed by atoms with van der Waals surface area (Å²) in [7, 11) is 1.89. The van der Waals surface area contributed by atoms with Gasteiger partial charge in [-0.15, -0.1) is 0 Å². The fraction of sp³-hybridized carbons (Fsp3) is 0.412. The first-order chi connectivity index (χ1) is 10.1. The van der Waals surface area contributed by atoms with Crippen LogP contribution in [0.25, 0.3) is 11.3 Å². The minimum atomic E-state index is 0.00719. The summed E-state index contributed by atoms with van der Waals surface area (Å²) >= 11 is 0. The molecule has 3 rings (SSSR count). The lowest BCUT2D eigenvalue weighted by Gasteiger charge is -2.23. The van der Waals surface area contributed by atoms with Crippen LogP contribution in [0.4, 0.5) is 4.79 Å². The molecule has 0 saturated heterocycles. The fourth-order valence-corrected chi connectivity index (χ4v) is 2.93. The lowest BCUT2D eigenvalue weighted by Crippen LogP contribution is -2.37. The van der Waals surface area contributed by atoms with Crippen molar-refractivity contribution in [3.63, 3.8) is 0 Å². The second-order valence-electron chi connectivity index (χ2n) is 5.86. The molecule has 0 spiro atoms. The molecule has 0 N–H and O–H groups in total. The summed E-state index contributed by atoms with van der Waals surface area (Å²) in [4.78, 5) is 18.7. The van der Waals surface area contributed by atoms with E-state index in [2.05, 4.69) is 24.0 Å². The van der Waals surface area contributed by atoms with Crippen molar-refractivity contribution < 1.29 is 4.79 Å². The van der Waals surface area contributed by atoms with Crippen LogP contribution in [-0.2, 0) is 0 Å². The molecule has 110 valence electrons. The molecule has 1 aliphatic rings. The van der Waals surface area contributed by atoms with Gasteiger partial charge in [-0.1, -0.05) is 42.7 Å². The maximum atomic E-state index is 12.5. The molecule has 0 bridgehead atoms. The van der Waals surface area contributed by atoms with Gasteiger partial charge in [0.1, 0.15) is 6.33 Å². The third kappa shape index (κ3) is 2.84. The Bertz CT molecular complexity index is 624. The zero-order chi connectivity index (χ0) is 14.8. The number of hydrogen-bond acceptors (Lipinski definition) is 2. The molecule has 1 fully saturated rings. The van der Waals surface area contributed by atoms with Crippen molar-refractivity contribution >= 4 is 6.03 Å². The average Bonchev–Trinajstić information content (AvgIpc) is 3.18. The molecule has 1 aliphatic carbocycles. The Morgan fingerprint density at radius 1 is 1.24 bits per heavy atom. The summed E-state index contributed by atoms with van der Waals surface area (Å²) in [5.74, 6) is 0. The van der Waals surface area contributed by atoms with Gasteiger partial charge < -0.3 is 4.90 Å². The Morgan fingerprint density at radius 2 is 1.90 bits per heavy atom. The van der Waals surface area contributed by atoms with E-state index in [0.717, 1.165) is 24.1 Å². The molecule has 0 unspecified atom stereocenters. The van der Waals surface area contributed by atoms with Crippen LogP contribution in [0.1, 0.15) is 31.2 Å². The Kier molecular flexibility index (Phi) is 3.78. The van der Waals surface area contributed by atoms with Crippen molar-refractivity contribution in [2.24, 2.45) is 0 Å². The molecule has 1 aromatic carbocycles. The molecule has 1 aromatic heterocycles. The molecule has 4 heteroatoms. The van der Waals surface area contributed by atoms with Crippen molar-refractivity contribution in [2.75, 3.05) is 7.05 Å². The van der Waals surface area contributed by atoms with E-state index < -0.39 is 0 Å². The van der Waals surface area contributed by atoms with Crippen molar-refractivity contribution in [3.8, 4) is 11.3 Å². The van der Waals surface area contributed by atoms with E-state index in [1.54, 1.807) is 10.9 Å². The summed E-state index contributed by atoms with van der Waals surface area (Å²) < 4.78 is 1.59. The van der Waals surface area contributed by atoms with Gasteiger partial charge in [0.05, 0.1) is 5.69 Å². The van der Waals surface area contributed by atoms with Gasteiger partial charge in [0.15, 0.2) is 0 Å². The molecule has 1 amide bonds. The van der Waals surface area contributed by atoms with Gasteiger partial charge in [0, 0.05) is 24.8 Å². The molecule has 21 heavy (non-hydrogen) atoms. The highest BCUT2D eigenvalue weighted by atomic mass is 16.2. The maximum absolute atomic E-state index is 12.5. The van der Waals surface area contributed by atoms with Gasteiger partial charge in [0.25, 0.3) is 0 Å². The smallest absolute Gasteiger partial charge is 0.324 e. The average molecular weight is 283 g/mol. The van der Waals surface area contributed by atoms with Gasteiger partial charge in [-0.25, -0.2) is 9.78 Å². The molecular formula is C17H21N3O. The van der Waals surface area contributed by atoms with Gasteiger partial charge >= 0.3 is 6.03 Å². The van der Waals surface area contributed by atoms with Gasteiger partial charge in [-0.2, -0.15) is 0 Å². The number of hydrogen-bond donors (Lipinski definition) is 0. The number of aryl methyl sites for hydroxylation is 1. The van der Waals surface area contributed by atoms with Gasteiger partial charge in [-0.05, 0) is 19.8 Å². The van der Waals surface area contributed by atoms with Crippen LogP contribution in [0.15, 0.2) is 36.8 Å². The standard InChI is InChI=1S/C17H21N3O/c1-13-7-9-14(10-8-13)16-11-20(12-18-16)17(21)19(2)15-5-3-4-6-15/h7-12,15H,3-6H2,1-2H3. The SMILES string of the molecule is Cc1ccc(-c2cn(C(=O)N(C)C3CCCC3)cn2)cc1. The number of benzene rings is 1.